The number of aliphatic carboxylic acids is 1. The Kier molecular flexibility index (Phi) is 5.47. The molecule has 3 N–H and O–H groups in total. The van der Waals surface area contributed by atoms with Gasteiger partial charge in [-0.1, -0.05) is 66.7 Å². The fourth-order valence-electron chi connectivity index (χ4n) is 4.52. The second-order valence-corrected chi connectivity index (χ2v) is 8.01. The number of nitrogens with zero attached hydrogens (tertiary/aromatic N) is 1. The minimum atomic E-state index is -1.08. The van der Waals surface area contributed by atoms with Crippen molar-refractivity contribution in [2.75, 3.05) is 6.61 Å². The third-order valence-electron chi connectivity index (χ3n) is 5.93. The molecule has 1 amide bonds. The van der Waals surface area contributed by atoms with Crippen molar-refractivity contribution in [3.05, 3.63) is 102 Å². The summed E-state index contributed by atoms with van der Waals surface area (Å²) in [4.78, 5) is 23.5. The molecule has 0 unspecified atom stereocenters. The number of carboxylic acids is 1. The Morgan fingerprint density at radius 2 is 1.47 bits per heavy atom. The summed E-state index contributed by atoms with van der Waals surface area (Å²) in [5.41, 5.74) is 11.1. The van der Waals surface area contributed by atoms with Gasteiger partial charge in [-0.05, 0) is 41.0 Å². The van der Waals surface area contributed by atoms with Gasteiger partial charge < -0.3 is 20.1 Å². The average molecular weight is 450 g/mol. The number of hydrogen-bond acceptors (Lipinski definition) is 3. The zero-order valence-corrected chi connectivity index (χ0v) is 18.3. The molecule has 0 saturated heterocycles. The summed E-state index contributed by atoms with van der Waals surface area (Å²) in [7, 11) is 0. The van der Waals surface area contributed by atoms with Crippen LogP contribution < -0.4 is 10.5 Å². The summed E-state index contributed by atoms with van der Waals surface area (Å²) in [5.74, 6) is -1.23. The first-order valence-corrected chi connectivity index (χ1v) is 10.9. The van der Waals surface area contributed by atoms with Gasteiger partial charge in [0.05, 0.1) is 16.4 Å². The van der Waals surface area contributed by atoms with Crippen molar-refractivity contribution in [1.29, 1.82) is 0 Å². The molecule has 4 aromatic carbocycles. The lowest BCUT2D eigenvalue weighted by Gasteiger charge is -2.13. The lowest BCUT2D eigenvalue weighted by atomic mass is 9.99. The van der Waals surface area contributed by atoms with E-state index in [1.54, 1.807) is 18.2 Å². The topological polar surface area (TPSA) is 94.6 Å². The van der Waals surface area contributed by atoms with Crippen LogP contribution in [0, 0.1) is 0 Å². The highest BCUT2D eigenvalue weighted by Gasteiger charge is 2.20. The van der Waals surface area contributed by atoms with Crippen LogP contribution in [0.1, 0.15) is 15.9 Å². The zero-order chi connectivity index (χ0) is 23.7. The number of primary amides is 1. The number of fused-ring (bicyclic) bond motifs is 3. The van der Waals surface area contributed by atoms with E-state index in [0.29, 0.717) is 28.6 Å². The normalized spacial score (nSPS) is 11.1. The molecule has 6 heteroatoms. The number of carbonyl (C=O) groups is 2. The minimum Gasteiger partial charge on any atom is -0.481 e. The molecule has 168 valence electrons. The number of nitrogens with two attached hydrogens (primary N) is 1. The molecule has 0 spiro atoms. The predicted octanol–water partition coefficient (Wildman–Crippen LogP) is 5.07. The Morgan fingerprint density at radius 1 is 0.794 bits per heavy atom. The van der Waals surface area contributed by atoms with Crippen molar-refractivity contribution in [3.8, 4) is 16.9 Å². The van der Waals surface area contributed by atoms with Crippen molar-refractivity contribution >= 4 is 33.7 Å². The maximum atomic E-state index is 12.3. The Balaban J connectivity index is 1.76. The fourth-order valence-corrected chi connectivity index (χ4v) is 4.52. The van der Waals surface area contributed by atoms with Gasteiger partial charge in [0, 0.05) is 17.5 Å². The van der Waals surface area contributed by atoms with Crippen LogP contribution in [-0.2, 0) is 11.3 Å². The molecular weight excluding hydrogens is 428 g/mol. The minimum absolute atomic E-state index is 0.365. The summed E-state index contributed by atoms with van der Waals surface area (Å²) in [5, 5.41) is 10.5. The van der Waals surface area contributed by atoms with E-state index in [0.717, 1.165) is 27.7 Å². The molecule has 0 aliphatic rings. The van der Waals surface area contributed by atoms with Crippen LogP contribution in [0.25, 0.3) is 32.9 Å². The maximum Gasteiger partial charge on any atom is 0.341 e. The molecule has 1 aromatic heterocycles. The number of benzene rings is 4. The second kappa shape index (κ2) is 8.75. The predicted molar refractivity (Wildman–Crippen MR) is 132 cm³/mol. The highest BCUT2D eigenvalue weighted by Crippen LogP contribution is 2.38. The Hall–Kier alpha value is -4.58. The number of ether oxygens (including phenoxy) is 1. The summed E-state index contributed by atoms with van der Waals surface area (Å²) < 4.78 is 7.73. The van der Waals surface area contributed by atoms with Crippen molar-refractivity contribution in [2.24, 2.45) is 5.73 Å². The highest BCUT2D eigenvalue weighted by molar-refractivity contribution is 6.19. The van der Waals surface area contributed by atoms with E-state index in [4.69, 9.17) is 15.6 Å². The lowest BCUT2D eigenvalue weighted by Crippen LogP contribution is -2.11. The van der Waals surface area contributed by atoms with Crippen LogP contribution >= 0.6 is 0 Å². The third-order valence-corrected chi connectivity index (χ3v) is 5.93. The lowest BCUT2D eigenvalue weighted by molar-refractivity contribution is -0.139. The average Bonchev–Trinajstić information content (AvgIpc) is 3.17. The molecule has 0 aliphatic heterocycles. The smallest absolute Gasteiger partial charge is 0.341 e. The number of rotatable bonds is 7. The first-order valence-electron chi connectivity index (χ1n) is 10.9. The summed E-state index contributed by atoms with van der Waals surface area (Å²) >= 11 is 0. The van der Waals surface area contributed by atoms with Crippen molar-refractivity contribution in [2.45, 2.75) is 6.54 Å². The SMILES string of the molecule is NC(=O)c1cccc2c1c1c(OCC(=O)O)cccc1n2Cc1ccccc1-c1ccccc1. The van der Waals surface area contributed by atoms with Crippen molar-refractivity contribution in [3.63, 3.8) is 0 Å². The van der Waals surface area contributed by atoms with Crippen LogP contribution in [-0.4, -0.2) is 28.2 Å². The Bertz CT molecular complexity index is 1540. The van der Waals surface area contributed by atoms with Gasteiger partial charge in [-0.2, -0.15) is 0 Å². The number of hydrogen-bond donors (Lipinski definition) is 2. The number of carboxylic acid groups (broad SMARTS) is 1. The first-order chi connectivity index (χ1) is 16.5. The molecule has 0 saturated carbocycles. The number of carbonyl (C=O) groups excluding carboxylic acids is 1. The Labute approximate surface area is 195 Å². The monoisotopic (exact) mass is 450 g/mol. The quantitative estimate of drug-likeness (QED) is 0.362. The van der Waals surface area contributed by atoms with Gasteiger partial charge in [-0.25, -0.2) is 4.79 Å². The molecule has 1 heterocycles. The van der Waals surface area contributed by atoms with Gasteiger partial charge in [-0.15, -0.1) is 0 Å². The molecule has 0 radical (unpaired) electrons. The summed E-state index contributed by atoms with van der Waals surface area (Å²) in [6, 6.07) is 29.3. The molecule has 6 nitrogen and oxygen atoms in total. The molecule has 0 fully saturated rings. The van der Waals surface area contributed by atoms with Gasteiger partial charge in [0.25, 0.3) is 0 Å². The second-order valence-electron chi connectivity index (χ2n) is 8.01. The van der Waals surface area contributed by atoms with Crippen LogP contribution in [0.4, 0.5) is 0 Å². The molecule has 0 atom stereocenters. The molecule has 5 rings (SSSR count). The highest BCUT2D eigenvalue weighted by atomic mass is 16.5. The van der Waals surface area contributed by atoms with Crippen LogP contribution in [0.3, 0.4) is 0 Å². The van der Waals surface area contributed by atoms with Gasteiger partial charge in [-0.3, -0.25) is 4.79 Å². The molecule has 0 bridgehead atoms. The molecule has 0 aliphatic carbocycles. The number of amides is 1. The van der Waals surface area contributed by atoms with E-state index in [1.807, 2.05) is 48.5 Å². The van der Waals surface area contributed by atoms with E-state index in [1.165, 1.54) is 0 Å². The van der Waals surface area contributed by atoms with Gasteiger partial charge in [0.2, 0.25) is 5.91 Å². The molecule has 5 aromatic rings. The molecule has 34 heavy (non-hydrogen) atoms. The van der Waals surface area contributed by atoms with Crippen LogP contribution in [0.2, 0.25) is 0 Å². The maximum absolute atomic E-state index is 12.3. The summed E-state index contributed by atoms with van der Waals surface area (Å²) in [6.07, 6.45) is 0. The van der Waals surface area contributed by atoms with E-state index in [-0.39, 0.29) is 0 Å². The third kappa shape index (κ3) is 3.75. The Morgan fingerprint density at radius 3 is 2.21 bits per heavy atom. The summed E-state index contributed by atoms with van der Waals surface area (Å²) in [6.45, 7) is 0.0526. The standard InChI is InChI=1S/C28H22N2O4/c29-28(33)21-12-6-13-22-26(21)27-23(14-7-15-24(27)34-17-25(31)32)30(22)16-19-10-4-5-11-20(19)18-8-2-1-3-9-18/h1-15H,16-17H2,(H2,29,33)(H,31,32). The van der Waals surface area contributed by atoms with E-state index < -0.39 is 18.5 Å². The fraction of sp³-hybridized carbons (Fsp3) is 0.0714. The van der Waals surface area contributed by atoms with Gasteiger partial charge >= 0.3 is 5.97 Å². The van der Waals surface area contributed by atoms with Gasteiger partial charge in [0.1, 0.15) is 5.75 Å². The van der Waals surface area contributed by atoms with E-state index in [9.17, 15) is 9.59 Å². The zero-order valence-electron chi connectivity index (χ0n) is 18.3. The molecular formula is C28H22N2O4. The first kappa shape index (κ1) is 21.3. The van der Waals surface area contributed by atoms with Crippen molar-refractivity contribution < 1.29 is 19.4 Å². The largest absolute Gasteiger partial charge is 0.481 e. The van der Waals surface area contributed by atoms with Crippen LogP contribution in [0.5, 0.6) is 5.75 Å². The van der Waals surface area contributed by atoms with E-state index >= 15 is 0 Å². The van der Waals surface area contributed by atoms with Gasteiger partial charge in [0.15, 0.2) is 6.61 Å². The van der Waals surface area contributed by atoms with Crippen LogP contribution in [0.15, 0.2) is 91.0 Å². The van der Waals surface area contributed by atoms with Crippen molar-refractivity contribution in [1.82, 2.24) is 4.57 Å². The number of aromatic nitrogens is 1. The van der Waals surface area contributed by atoms with E-state index in [2.05, 4.69) is 28.8 Å².